The summed E-state index contributed by atoms with van der Waals surface area (Å²) >= 11 is 6.52. The maximum Gasteiger partial charge on any atom is 0.266 e. The molecular formula is C15H15NO2S2. The van der Waals surface area contributed by atoms with E-state index >= 15 is 0 Å². The topological polar surface area (TPSA) is 29.5 Å². The molecule has 0 atom stereocenters. The van der Waals surface area contributed by atoms with Crippen LogP contribution < -0.4 is 4.74 Å². The molecule has 1 saturated heterocycles. The molecule has 0 aliphatic carbocycles. The minimum atomic E-state index is -0.0407. The monoisotopic (exact) mass is 305 g/mol. The Labute approximate surface area is 128 Å². The second-order valence-corrected chi connectivity index (χ2v) is 5.74. The number of amides is 1. The zero-order chi connectivity index (χ0) is 14.5. The normalized spacial score (nSPS) is 16.9. The van der Waals surface area contributed by atoms with Gasteiger partial charge in [-0.05, 0) is 19.1 Å². The molecule has 0 unspecified atom stereocenters. The third-order valence-electron chi connectivity index (χ3n) is 2.75. The summed E-state index contributed by atoms with van der Waals surface area (Å²) in [7, 11) is 0. The third kappa shape index (κ3) is 3.11. The molecule has 5 heteroatoms. The number of benzene rings is 1. The molecule has 1 aliphatic rings. The Hall–Kier alpha value is -1.59. The Balaban J connectivity index is 2.29. The van der Waals surface area contributed by atoms with Gasteiger partial charge in [0.2, 0.25) is 0 Å². The highest BCUT2D eigenvalue weighted by atomic mass is 32.2. The van der Waals surface area contributed by atoms with E-state index in [0.29, 0.717) is 22.4 Å². The first-order valence-corrected chi connectivity index (χ1v) is 7.48. The minimum absolute atomic E-state index is 0.0407. The van der Waals surface area contributed by atoms with Crippen molar-refractivity contribution in [2.75, 3.05) is 13.2 Å². The summed E-state index contributed by atoms with van der Waals surface area (Å²) in [5.74, 6) is 0.690. The van der Waals surface area contributed by atoms with Gasteiger partial charge < -0.3 is 4.74 Å². The zero-order valence-corrected chi connectivity index (χ0v) is 12.8. The van der Waals surface area contributed by atoms with E-state index in [2.05, 4.69) is 6.58 Å². The van der Waals surface area contributed by atoms with Crippen LogP contribution in [0.5, 0.6) is 5.75 Å². The molecule has 1 aromatic rings. The number of hydrogen-bond donors (Lipinski definition) is 0. The lowest BCUT2D eigenvalue weighted by Gasteiger charge is -2.10. The molecule has 3 nitrogen and oxygen atoms in total. The molecule has 0 radical (unpaired) electrons. The summed E-state index contributed by atoms with van der Waals surface area (Å²) in [4.78, 5) is 14.4. The number of hydrogen-bond acceptors (Lipinski definition) is 4. The van der Waals surface area contributed by atoms with Gasteiger partial charge in [-0.3, -0.25) is 9.69 Å². The molecule has 0 spiro atoms. The molecule has 2 rings (SSSR count). The predicted molar refractivity (Wildman–Crippen MR) is 87.7 cm³/mol. The van der Waals surface area contributed by atoms with Gasteiger partial charge in [0, 0.05) is 12.1 Å². The third-order valence-corrected chi connectivity index (χ3v) is 4.13. The SMILES string of the molecule is C=CCOc1ccccc1/C=C1/SC(=S)N(CC)C1=O. The van der Waals surface area contributed by atoms with E-state index in [-0.39, 0.29) is 5.91 Å². The van der Waals surface area contributed by atoms with Crippen molar-refractivity contribution < 1.29 is 9.53 Å². The maximum atomic E-state index is 12.2. The van der Waals surface area contributed by atoms with Crippen LogP contribution in [0.1, 0.15) is 12.5 Å². The molecule has 1 fully saturated rings. The summed E-state index contributed by atoms with van der Waals surface area (Å²) in [5.41, 5.74) is 0.867. The molecule has 1 aliphatic heterocycles. The molecule has 0 bridgehead atoms. The first-order chi connectivity index (χ1) is 9.67. The average Bonchev–Trinajstić information content (AvgIpc) is 2.72. The lowest BCUT2D eigenvalue weighted by Crippen LogP contribution is -2.27. The van der Waals surface area contributed by atoms with Gasteiger partial charge in [0.1, 0.15) is 16.7 Å². The average molecular weight is 305 g/mol. The molecule has 0 aromatic heterocycles. The number of ether oxygens (including phenoxy) is 1. The Morgan fingerprint density at radius 3 is 2.85 bits per heavy atom. The van der Waals surface area contributed by atoms with Gasteiger partial charge in [-0.1, -0.05) is 54.8 Å². The molecule has 1 amide bonds. The number of likely N-dealkylation sites (N-methyl/N-ethyl adjacent to an activating group) is 1. The lowest BCUT2D eigenvalue weighted by atomic mass is 10.2. The molecule has 1 heterocycles. The highest BCUT2D eigenvalue weighted by molar-refractivity contribution is 8.26. The second-order valence-electron chi connectivity index (χ2n) is 4.06. The molecule has 0 saturated carbocycles. The molecular weight excluding hydrogens is 290 g/mol. The van der Waals surface area contributed by atoms with Crippen LogP contribution in [-0.4, -0.2) is 28.3 Å². The van der Waals surface area contributed by atoms with Gasteiger partial charge in [-0.15, -0.1) is 0 Å². The van der Waals surface area contributed by atoms with Gasteiger partial charge in [-0.2, -0.15) is 0 Å². The van der Waals surface area contributed by atoms with Gasteiger partial charge in [0.25, 0.3) is 5.91 Å². The highest BCUT2D eigenvalue weighted by Gasteiger charge is 2.30. The van der Waals surface area contributed by atoms with Gasteiger partial charge in [0.15, 0.2) is 0 Å². The first-order valence-electron chi connectivity index (χ1n) is 6.25. The van der Waals surface area contributed by atoms with E-state index in [1.54, 1.807) is 11.0 Å². The summed E-state index contributed by atoms with van der Waals surface area (Å²) < 4.78 is 6.19. The van der Waals surface area contributed by atoms with Crippen LogP contribution in [-0.2, 0) is 4.79 Å². The fraction of sp³-hybridized carbons (Fsp3) is 0.200. The summed E-state index contributed by atoms with van der Waals surface area (Å²) in [5, 5.41) is 0. The van der Waals surface area contributed by atoms with Crippen LogP contribution in [0.25, 0.3) is 6.08 Å². The number of carbonyl (C=O) groups is 1. The lowest BCUT2D eigenvalue weighted by molar-refractivity contribution is -0.121. The number of thioether (sulfide) groups is 1. The number of para-hydroxylation sites is 1. The fourth-order valence-corrected chi connectivity index (χ4v) is 3.17. The van der Waals surface area contributed by atoms with Crippen molar-refractivity contribution in [1.29, 1.82) is 0 Å². The van der Waals surface area contributed by atoms with Crippen LogP contribution in [0.4, 0.5) is 0 Å². The van der Waals surface area contributed by atoms with Crippen molar-refractivity contribution in [3.63, 3.8) is 0 Å². The Morgan fingerprint density at radius 1 is 1.45 bits per heavy atom. The van der Waals surface area contributed by atoms with Gasteiger partial charge >= 0.3 is 0 Å². The fourth-order valence-electron chi connectivity index (χ4n) is 1.79. The van der Waals surface area contributed by atoms with E-state index in [1.165, 1.54) is 11.8 Å². The smallest absolute Gasteiger partial charge is 0.266 e. The molecule has 1 aromatic carbocycles. The molecule has 0 N–H and O–H groups in total. The van der Waals surface area contributed by atoms with E-state index in [0.717, 1.165) is 11.3 Å². The Kier molecular flexibility index (Phi) is 4.98. The number of thiocarbonyl (C=S) groups is 1. The van der Waals surface area contributed by atoms with Crippen LogP contribution >= 0.6 is 24.0 Å². The summed E-state index contributed by atoms with van der Waals surface area (Å²) in [6.07, 6.45) is 3.51. The zero-order valence-electron chi connectivity index (χ0n) is 11.2. The molecule has 104 valence electrons. The highest BCUT2D eigenvalue weighted by Crippen LogP contribution is 2.33. The summed E-state index contributed by atoms with van der Waals surface area (Å²) in [6, 6.07) is 7.59. The van der Waals surface area contributed by atoms with Crippen molar-refractivity contribution >= 4 is 40.3 Å². The van der Waals surface area contributed by atoms with Gasteiger partial charge in [-0.25, -0.2) is 0 Å². The predicted octanol–water partition coefficient (Wildman–Crippen LogP) is 3.47. The second kappa shape index (κ2) is 6.72. The number of rotatable bonds is 5. The van der Waals surface area contributed by atoms with Crippen molar-refractivity contribution in [2.24, 2.45) is 0 Å². The van der Waals surface area contributed by atoms with Crippen molar-refractivity contribution in [1.82, 2.24) is 4.90 Å². The minimum Gasteiger partial charge on any atom is -0.489 e. The number of nitrogens with zero attached hydrogens (tertiary/aromatic N) is 1. The summed E-state index contributed by atoms with van der Waals surface area (Å²) in [6.45, 7) is 6.57. The molecule has 20 heavy (non-hydrogen) atoms. The quantitative estimate of drug-likeness (QED) is 0.473. The Morgan fingerprint density at radius 2 is 2.20 bits per heavy atom. The number of carbonyl (C=O) groups excluding carboxylic acids is 1. The maximum absolute atomic E-state index is 12.2. The van der Waals surface area contributed by atoms with Crippen LogP contribution in [0.2, 0.25) is 0 Å². The van der Waals surface area contributed by atoms with E-state index < -0.39 is 0 Å². The van der Waals surface area contributed by atoms with Crippen molar-refractivity contribution in [2.45, 2.75) is 6.92 Å². The van der Waals surface area contributed by atoms with Crippen molar-refractivity contribution in [3.05, 3.63) is 47.4 Å². The van der Waals surface area contributed by atoms with Crippen LogP contribution in [0.15, 0.2) is 41.8 Å². The van der Waals surface area contributed by atoms with E-state index in [1.807, 2.05) is 37.3 Å². The van der Waals surface area contributed by atoms with E-state index in [9.17, 15) is 4.79 Å². The largest absolute Gasteiger partial charge is 0.489 e. The Bertz CT molecular complexity index is 581. The standard InChI is InChI=1S/C15H15NO2S2/c1-3-9-18-12-8-6-5-7-11(12)10-13-14(17)16(4-2)15(19)20-13/h3,5-8,10H,1,4,9H2,2H3/b13-10+. The van der Waals surface area contributed by atoms with E-state index in [4.69, 9.17) is 17.0 Å². The van der Waals surface area contributed by atoms with Crippen LogP contribution in [0, 0.1) is 0 Å². The first kappa shape index (κ1) is 14.8. The van der Waals surface area contributed by atoms with Crippen LogP contribution in [0.3, 0.4) is 0 Å². The van der Waals surface area contributed by atoms with Crippen molar-refractivity contribution in [3.8, 4) is 5.75 Å². The van der Waals surface area contributed by atoms with Gasteiger partial charge in [0.05, 0.1) is 4.91 Å².